The van der Waals surface area contributed by atoms with E-state index in [1.54, 1.807) is 12.3 Å². The molecule has 0 amide bonds. The number of allylic oxidation sites excluding steroid dienone is 7. The van der Waals surface area contributed by atoms with Crippen molar-refractivity contribution in [1.82, 2.24) is 4.98 Å². The molecule has 0 unspecified atom stereocenters. The highest BCUT2D eigenvalue weighted by atomic mass is 35.5. The highest BCUT2D eigenvalue weighted by molar-refractivity contribution is 6.36. The first-order valence-electron chi connectivity index (χ1n) is 11.6. The first-order chi connectivity index (χ1) is 17.4. The predicted octanol–water partition coefficient (Wildman–Crippen LogP) is 8.45. The summed E-state index contributed by atoms with van der Waals surface area (Å²) in [7, 11) is 0. The molecule has 1 aliphatic carbocycles. The van der Waals surface area contributed by atoms with Crippen LogP contribution in [0.25, 0.3) is 27.8 Å². The largest absolute Gasteiger partial charge is 0.347 e. The number of nitrogens with zero attached hydrogens (tertiary/aromatic N) is 1. The number of hydrogen-bond acceptors (Lipinski definition) is 2. The third kappa shape index (κ3) is 4.93. The second-order valence-corrected chi connectivity index (χ2v) is 8.92. The van der Waals surface area contributed by atoms with Crippen LogP contribution in [0.15, 0.2) is 127 Å². The Kier molecular flexibility index (Phi) is 7.33. The van der Waals surface area contributed by atoms with E-state index in [2.05, 4.69) is 54.0 Å². The minimum absolute atomic E-state index is 0.370. The summed E-state index contributed by atoms with van der Waals surface area (Å²) < 4.78 is 0. The highest BCUT2D eigenvalue weighted by Crippen LogP contribution is 2.53. The first kappa shape index (κ1) is 24.9. The van der Waals surface area contributed by atoms with E-state index in [1.807, 2.05) is 56.5 Å². The molecule has 0 spiro atoms. The Morgan fingerprint density at radius 2 is 1.61 bits per heavy atom. The second kappa shape index (κ2) is 10.6. The van der Waals surface area contributed by atoms with E-state index in [0.29, 0.717) is 10.7 Å². The van der Waals surface area contributed by atoms with Crippen LogP contribution in [-0.4, -0.2) is 10.7 Å². The van der Waals surface area contributed by atoms with Gasteiger partial charge in [-0.25, -0.2) is 4.99 Å². The van der Waals surface area contributed by atoms with Gasteiger partial charge in [0.25, 0.3) is 0 Å². The van der Waals surface area contributed by atoms with Gasteiger partial charge in [0.2, 0.25) is 0 Å². The molecule has 3 aromatic rings. The molecule has 2 N–H and O–H groups in total. The van der Waals surface area contributed by atoms with Gasteiger partial charge in [-0.3, -0.25) is 0 Å². The lowest BCUT2D eigenvalue weighted by atomic mass is 9.98. The number of H-pyrrole nitrogens is 1. The maximum Gasteiger partial charge on any atom is 0.130 e. The van der Waals surface area contributed by atoms with E-state index in [4.69, 9.17) is 17.0 Å². The maximum absolute atomic E-state index is 7.96. The van der Waals surface area contributed by atoms with Gasteiger partial charge in [0, 0.05) is 23.5 Å². The smallest absolute Gasteiger partial charge is 0.130 e. The van der Waals surface area contributed by atoms with E-state index in [9.17, 15) is 0 Å². The molecule has 1 aliphatic rings. The van der Waals surface area contributed by atoms with Crippen LogP contribution in [0.2, 0.25) is 5.02 Å². The van der Waals surface area contributed by atoms with Gasteiger partial charge in [0.1, 0.15) is 5.49 Å². The fourth-order valence-electron chi connectivity index (χ4n) is 4.19. The molecular formula is C32H28ClN3. The molecule has 178 valence electrons. The summed E-state index contributed by atoms with van der Waals surface area (Å²) in [5.41, 5.74) is 11.5. The molecule has 0 saturated heterocycles. The Hall–Kier alpha value is -4.21. The monoisotopic (exact) mass is 489 g/mol. The Bertz CT molecular complexity index is 1570. The van der Waals surface area contributed by atoms with E-state index in [0.717, 1.165) is 50.0 Å². The van der Waals surface area contributed by atoms with Crippen molar-refractivity contribution in [3.63, 3.8) is 0 Å². The van der Waals surface area contributed by atoms with Crippen LogP contribution in [0.1, 0.15) is 25.0 Å². The molecule has 1 aromatic heterocycles. The van der Waals surface area contributed by atoms with Crippen molar-refractivity contribution in [2.24, 2.45) is 4.99 Å². The number of halogens is 1. The second-order valence-electron chi connectivity index (χ2n) is 8.54. The summed E-state index contributed by atoms with van der Waals surface area (Å²) in [6.45, 7) is 15.4. The summed E-state index contributed by atoms with van der Waals surface area (Å²) in [5, 5.41) is 8.64. The van der Waals surface area contributed by atoms with Gasteiger partial charge in [-0.15, -0.1) is 0 Å². The molecule has 0 aliphatic heterocycles. The van der Waals surface area contributed by atoms with Crippen molar-refractivity contribution < 1.29 is 0 Å². The van der Waals surface area contributed by atoms with Crippen LogP contribution >= 0.6 is 11.6 Å². The summed E-state index contributed by atoms with van der Waals surface area (Å²) in [6.07, 6.45) is 10.6. The Labute approximate surface area is 217 Å². The third-order valence-corrected chi connectivity index (χ3v) is 6.53. The Morgan fingerprint density at radius 3 is 2.31 bits per heavy atom. The number of hydrogen-bond donors (Lipinski definition) is 2. The average Bonchev–Trinajstić information content (AvgIpc) is 3.62. The molecule has 2 aromatic carbocycles. The summed E-state index contributed by atoms with van der Waals surface area (Å²) in [6, 6.07) is 16.4. The van der Waals surface area contributed by atoms with Crippen LogP contribution in [0.3, 0.4) is 0 Å². The molecule has 0 bridgehead atoms. The van der Waals surface area contributed by atoms with Gasteiger partial charge in [0.05, 0.1) is 10.7 Å². The molecule has 0 atom stereocenters. The van der Waals surface area contributed by atoms with Crippen LogP contribution in [0.5, 0.6) is 0 Å². The number of fused-ring (bicyclic) bond motifs is 1. The lowest BCUT2D eigenvalue weighted by Gasteiger charge is -2.10. The highest BCUT2D eigenvalue weighted by Gasteiger charge is 2.32. The minimum Gasteiger partial charge on any atom is -0.347 e. The SMILES string of the molecule is C=CC(=N)/C=C(C)\C(C=C)=C1\c2cccc(-c3cccc(-c4cc[nH]/c(=N\C=C(/C)C=C)c4)c3Cl)c21. The fraction of sp³-hybridized carbons (Fsp3) is 0.0625. The molecule has 4 rings (SSSR count). The van der Waals surface area contributed by atoms with Gasteiger partial charge in [-0.2, -0.15) is 0 Å². The van der Waals surface area contributed by atoms with E-state index in [-0.39, 0.29) is 0 Å². The van der Waals surface area contributed by atoms with Crippen LogP contribution in [0, 0.1) is 5.41 Å². The number of aromatic nitrogens is 1. The predicted molar refractivity (Wildman–Crippen MR) is 154 cm³/mol. The quantitative estimate of drug-likeness (QED) is 0.184. The standard InChI is InChI=1S/C32H28ClN3/c1-6-20(4)19-36-29-18-22(15-16-35-29)25-11-9-13-27(32(25)33)26-12-10-14-28-30(31(26)28)24(8-3)21(5)17-23(34)7-2/h6-19,34H,1-3H2,4-5H3,(H,35,36)/b20-19+,21-17-,30-24-,34-23?. The molecule has 3 nitrogen and oxygen atoms in total. The lowest BCUT2D eigenvalue weighted by molar-refractivity contribution is 1.14. The number of nitrogens with one attached hydrogen (secondary N) is 2. The Morgan fingerprint density at radius 1 is 0.917 bits per heavy atom. The van der Waals surface area contributed by atoms with Gasteiger partial charge in [-0.05, 0) is 82.7 Å². The van der Waals surface area contributed by atoms with Gasteiger partial charge in [-0.1, -0.05) is 79.9 Å². The molecule has 0 saturated carbocycles. The third-order valence-electron chi connectivity index (χ3n) is 6.13. The summed E-state index contributed by atoms with van der Waals surface area (Å²) in [5.74, 6) is 0. The van der Waals surface area contributed by atoms with E-state index >= 15 is 0 Å². The molecule has 0 fully saturated rings. The lowest BCUT2D eigenvalue weighted by Crippen LogP contribution is -2.05. The van der Waals surface area contributed by atoms with Crippen molar-refractivity contribution in [3.8, 4) is 22.3 Å². The summed E-state index contributed by atoms with van der Waals surface area (Å²) in [4.78, 5) is 7.67. The zero-order valence-electron chi connectivity index (χ0n) is 20.5. The first-order valence-corrected chi connectivity index (χ1v) is 12.0. The van der Waals surface area contributed by atoms with Crippen molar-refractivity contribution >= 4 is 22.9 Å². The van der Waals surface area contributed by atoms with Crippen molar-refractivity contribution in [1.29, 1.82) is 5.41 Å². The topological polar surface area (TPSA) is 52.0 Å². The zero-order chi connectivity index (χ0) is 25.8. The van der Waals surface area contributed by atoms with E-state index < -0.39 is 0 Å². The summed E-state index contributed by atoms with van der Waals surface area (Å²) >= 11 is 7.03. The molecule has 0 radical (unpaired) electrons. The van der Waals surface area contributed by atoms with Crippen LogP contribution in [-0.2, 0) is 0 Å². The average molecular weight is 490 g/mol. The Balaban J connectivity index is 1.81. The number of pyridine rings is 1. The minimum atomic E-state index is 0.370. The van der Waals surface area contributed by atoms with E-state index in [1.165, 1.54) is 17.2 Å². The number of benzene rings is 2. The van der Waals surface area contributed by atoms with Crippen molar-refractivity contribution in [2.45, 2.75) is 13.8 Å². The fourth-order valence-corrected chi connectivity index (χ4v) is 4.53. The molecule has 36 heavy (non-hydrogen) atoms. The molecular weight excluding hydrogens is 462 g/mol. The maximum atomic E-state index is 7.96. The van der Waals surface area contributed by atoms with Gasteiger partial charge >= 0.3 is 0 Å². The van der Waals surface area contributed by atoms with Crippen molar-refractivity contribution in [2.75, 3.05) is 0 Å². The van der Waals surface area contributed by atoms with Crippen molar-refractivity contribution in [3.05, 3.63) is 143 Å². The van der Waals surface area contributed by atoms with Crippen LogP contribution in [0.4, 0.5) is 0 Å². The number of rotatable bonds is 8. The molecule has 1 heterocycles. The molecule has 4 heteroatoms. The van der Waals surface area contributed by atoms with Gasteiger partial charge in [0.15, 0.2) is 0 Å². The van der Waals surface area contributed by atoms with Crippen LogP contribution < -0.4 is 5.49 Å². The number of aromatic amines is 1. The zero-order valence-corrected chi connectivity index (χ0v) is 21.3. The van der Waals surface area contributed by atoms with Gasteiger partial charge < -0.3 is 10.4 Å². The normalized spacial score (nSPS) is 14.7.